The maximum Gasteiger partial charge on any atom is 0.164 e. The Kier molecular flexibility index (Phi) is 13.3. The molecule has 0 unspecified atom stereocenters. The van der Waals surface area contributed by atoms with E-state index in [9.17, 15) is 0 Å². The molecule has 22 rings (SSSR count). The third-order valence-corrected chi connectivity index (χ3v) is 22.0. The van der Waals surface area contributed by atoms with E-state index in [1.165, 1.54) is 76.6 Å². The van der Waals surface area contributed by atoms with Crippen LogP contribution in [0, 0.1) is 0 Å². The number of para-hydroxylation sites is 1. The second-order valence-electron chi connectivity index (χ2n) is 27.9. The predicted octanol–water partition coefficient (Wildman–Crippen LogP) is 25.3. The van der Waals surface area contributed by atoms with Crippen LogP contribution in [0.25, 0.3) is 189 Å². The molecule has 2 aliphatic carbocycles. The van der Waals surface area contributed by atoms with Crippen LogP contribution < -0.4 is 0 Å². The molecule has 0 saturated heterocycles. The van der Waals surface area contributed by atoms with Gasteiger partial charge < -0.3 is 4.57 Å². The van der Waals surface area contributed by atoms with Gasteiger partial charge >= 0.3 is 0 Å². The van der Waals surface area contributed by atoms with Gasteiger partial charge in [0, 0.05) is 54.6 Å². The van der Waals surface area contributed by atoms with Gasteiger partial charge in [0.05, 0.1) is 50.9 Å². The molecule has 0 N–H and O–H groups in total. The number of rotatable bonds is 11. The molecule has 0 fully saturated rings. The molecule has 0 spiro atoms. The summed E-state index contributed by atoms with van der Waals surface area (Å²) in [6.45, 7) is 0. The van der Waals surface area contributed by atoms with Crippen LogP contribution in [0.2, 0.25) is 0 Å². The highest BCUT2D eigenvalue weighted by Crippen LogP contribution is 2.52. The summed E-state index contributed by atoms with van der Waals surface area (Å²) in [7, 11) is 0. The maximum absolute atomic E-state index is 5.67. The standard InChI is InChI=1S/C100H60N6/c1-5-24-61(25-6-1)67-34-19-40-73(57-67)98-100(101-60-83(102-98)63-28-9-3-10-29-63)106-86-49-23-46-80-90(64-30-11-4-12-31-64)92(79-45-21-33-66-51-54-88(106)96(91(66)79)94(80)86)70-37-18-35-68(56-70)69-36-20-39-72(58-69)97-78-43-15-16-47-82(78)103-99(104-97)77-52-55-84(75-42-14-13-41-74(75)77)105-85-48-22-44-76-81(62-26-7-2-8-27-62)59-71-38-17-32-65-50-53-87(105)95(89(65)71)93(76)85/h1-60H. The summed E-state index contributed by atoms with van der Waals surface area (Å²) in [6.07, 6.45) is 4.33. The molecule has 0 amide bonds. The van der Waals surface area contributed by atoms with Gasteiger partial charge in [0.15, 0.2) is 11.6 Å². The van der Waals surface area contributed by atoms with Crippen molar-refractivity contribution in [3.8, 4) is 78.9 Å². The summed E-state index contributed by atoms with van der Waals surface area (Å²) in [5.41, 5.74) is 29.1. The zero-order valence-corrected chi connectivity index (χ0v) is 57.3. The molecule has 2 aliphatic rings. The second-order valence-corrected chi connectivity index (χ2v) is 27.9. The minimum atomic E-state index is 0.671. The van der Waals surface area contributed by atoms with Crippen molar-refractivity contribution in [1.82, 2.24) is 29.1 Å². The molecule has 0 bridgehead atoms. The highest BCUT2D eigenvalue weighted by Gasteiger charge is 2.31. The zero-order chi connectivity index (χ0) is 69.5. The molecular formula is C100H60N6. The summed E-state index contributed by atoms with van der Waals surface area (Å²) >= 11 is 0. The topological polar surface area (TPSA) is 61.4 Å². The average molecular weight is 1350 g/mol. The SMILES string of the molecule is C1=C(c2ccccc2)c2cccc3c2c2c4c1cccc4ccc2n3-c1ccc(-c2nc(-c3cccc(-c4cccc(C5=C(c6ccccc6)c6cccc7c6c6c8c5cccc8ccc6n7-c5ncc(-c6ccccc6)nc5-c5cccc(-c6ccccc6)c5)c4)c3)c3ccccc3n2)c2ccccc12. The predicted molar refractivity (Wildman–Crippen MR) is 440 cm³/mol. The lowest BCUT2D eigenvalue weighted by atomic mass is 9.84. The van der Waals surface area contributed by atoms with Crippen LogP contribution in [0.4, 0.5) is 0 Å². The Labute approximate surface area is 610 Å². The number of aromatic nitrogens is 6. The quantitative estimate of drug-likeness (QED) is 0.129. The number of hydrogen-bond acceptors (Lipinski definition) is 4. The maximum atomic E-state index is 5.67. The molecule has 16 aromatic carbocycles. The fourth-order valence-electron chi connectivity index (χ4n) is 17.4. The van der Waals surface area contributed by atoms with Crippen molar-refractivity contribution >= 4 is 110 Å². The van der Waals surface area contributed by atoms with Crippen LogP contribution in [0.15, 0.2) is 358 Å². The van der Waals surface area contributed by atoms with E-state index in [0.717, 1.165) is 139 Å². The minimum Gasteiger partial charge on any atom is -0.309 e. The van der Waals surface area contributed by atoms with E-state index < -0.39 is 0 Å². The molecule has 4 heterocycles. The van der Waals surface area contributed by atoms with Gasteiger partial charge in [-0.25, -0.2) is 19.9 Å². The van der Waals surface area contributed by atoms with Crippen molar-refractivity contribution in [3.63, 3.8) is 0 Å². The Balaban J connectivity index is 0.689. The Morgan fingerprint density at radius 3 is 1.47 bits per heavy atom. The molecule has 490 valence electrons. The van der Waals surface area contributed by atoms with E-state index in [1.54, 1.807) is 0 Å². The molecule has 0 aliphatic heterocycles. The Morgan fingerprint density at radius 2 is 0.745 bits per heavy atom. The Bertz CT molecular complexity index is 7170. The lowest BCUT2D eigenvalue weighted by Gasteiger charge is -2.20. The van der Waals surface area contributed by atoms with Gasteiger partial charge in [-0.1, -0.05) is 291 Å². The van der Waals surface area contributed by atoms with Gasteiger partial charge in [-0.2, -0.15) is 0 Å². The van der Waals surface area contributed by atoms with Crippen LogP contribution in [-0.2, 0) is 0 Å². The highest BCUT2D eigenvalue weighted by molar-refractivity contribution is 6.32. The number of fused-ring (bicyclic) bond motifs is 2. The van der Waals surface area contributed by atoms with Crippen molar-refractivity contribution < 1.29 is 0 Å². The smallest absolute Gasteiger partial charge is 0.164 e. The summed E-state index contributed by atoms with van der Waals surface area (Å²) in [6, 6.07) is 128. The van der Waals surface area contributed by atoms with Gasteiger partial charge in [0.25, 0.3) is 0 Å². The summed E-state index contributed by atoms with van der Waals surface area (Å²) in [4.78, 5) is 22.2. The molecule has 4 aromatic heterocycles. The molecule has 6 nitrogen and oxygen atoms in total. The minimum absolute atomic E-state index is 0.671. The molecule has 20 aromatic rings. The van der Waals surface area contributed by atoms with Gasteiger partial charge in [-0.3, -0.25) is 4.57 Å². The van der Waals surface area contributed by atoms with Gasteiger partial charge in [-0.15, -0.1) is 0 Å². The first-order valence-electron chi connectivity index (χ1n) is 36.3. The lowest BCUT2D eigenvalue weighted by molar-refractivity contribution is 1.05. The summed E-state index contributed by atoms with van der Waals surface area (Å²) < 4.78 is 4.86. The molecular weight excluding hydrogens is 1290 g/mol. The molecule has 0 saturated carbocycles. The number of hydrogen-bond donors (Lipinski definition) is 0. The first-order valence-corrected chi connectivity index (χ1v) is 36.3. The van der Waals surface area contributed by atoms with E-state index in [2.05, 4.69) is 361 Å². The van der Waals surface area contributed by atoms with Crippen LogP contribution in [-0.4, -0.2) is 29.1 Å². The van der Waals surface area contributed by atoms with Crippen LogP contribution in [0.5, 0.6) is 0 Å². The lowest BCUT2D eigenvalue weighted by Crippen LogP contribution is -2.04. The monoisotopic (exact) mass is 1340 g/mol. The third kappa shape index (κ3) is 9.18. The van der Waals surface area contributed by atoms with Crippen LogP contribution >= 0.6 is 0 Å². The van der Waals surface area contributed by atoms with Crippen molar-refractivity contribution in [2.45, 2.75) is 0 Å². The third-order valence-electron chi connectivity index (χ3n) is 22.0. The molecule has 106 heavy (non-hydrogen) atoms. The average Bonchev–Trinajstić information content (AvgIpc) is 1.54. The summed E-state index contributed by atoms with van der Waals surface area (Å²) in [5, 5.41) is 12.9. The van der Waals surface area contributed by atoms with Crippen molar-refractivity contribution in [2.24, 2.45) is 0 Å². The first kappa shape index (κ1) is 59.5. The van der Waals surface area contributed by atoms with Crippen molar-refractivity contribution in [1.29, 1.82) is 0 Å². The summed E-state index contributed by atoms with van der Waals surface area (Å²) in [5.74, 6) is 1.44. The highest BCUT2D eigenvalue weighted by atomic mass is 15.1. The molecule has 0 radical (unpaired) electrons. The second kappa shape index (κ2) is 23.7. The molecule has 6 heteroatoms. The fourth-order valence-corrected chi connectivity index (χ4v) is 17.4. The van der Waals surface area contributed by atoms with Crippen molar-refractivity contribution in [3.05, 3.63) is 397 Å². The largest absolute Gasteiger partial charge is 0.309 e. The Morgan fingerprint density at radius 1 is 0.255 bits per heavy atom. The van der Waals surface area contributed by atoms with E-state index in [4.69, 9.17) is 19.9 Å². The fraction of sp³-hybridized carbons (Fsp3) is 0. The number of nitrogens with zero attached hydrogens (tertiary/aromatic N) is 6. The first-order chi connectivity index (χ1) is 52.6. The van der Waals surface area contributed by atoms with E-state index in [1.807, 2.05) is 12.3 Å². The number of benzene rings is 16. The Hall–Kier alpha value is -14.2. The van der Waals surface area contributed by atoms with E-state index >= 15 is 0 Å². The molecule has 0 atom stereocenters. The van der Waals surface area contributed by atoms with Crippen LogP contribution in [0.3, 0.4) is 0 Å². The normalized spacial score (nSPS) is 12.5. The van der Waals surface area contributed by atoms with Gasteiger partial charge in [0.2, 0.25) is 0 Å². The van der Waals surface area contributed by atoms with E-state index in [-0.39, 0.29) is 0 Å². The van der Waals surface area contributed by atoms with E-state index in [0.29, 0.717) is 5.82 Å². The van der Waals surface area contributed by atoms with Gasteiger partial charge in [-0.05, 0) is 172 Å². The zero-order valence-electron chi connectivity index (χ0n) is 57.3. The van der Waals surface area contributed by atoms with Crippen molar-refractivity contribution in [2.75, 3.05) is 0 Å². The van der Waals surface area contributed by atoms with Gasteiger partial charge in [0.1, 0.15) is 5.69 Å². The van der Waals surface area contributed by atoms with Crippen LogP contribution in [0.1, 0.15) is 38.9 Å².